The lowest BCUT2D eigenvalue weighted by Gasteiger charge is -2.37. The zero-order chi connectivity index (χ0) is 18.8. The maximum absolute atomic E-state index is 4.10. The normalized spacial score (nSPS) is 22.8. The van der Waals surface area contributed by atoms with Crippen LogP contribution in [-0.4, -0.2) is 45.0 Å². The van der Waals surface area contributed by atoms with Crippen LogP contribution in [0.2, 0.25) is 0 Å². The molecule has 1 saturated carbocycles. The molecule has 0 aromatic carbocycles. The highest BCUT2D eigenvalue weighted by molar-refractivity contribution is 5.55. The molecule has 0 N–H and O–H groups in total. The van der Waals surface area contributed by atoms with Crippen molar-refractivity contribution in [3.8, 4) is 0 Å². The first-order valence-corrected chi connectivity index (χ1v) is 8.85. The van der Waals surface area contributed by atoms with Crippen molar-refractivity contribution >= 4 is 18.6 Å². The topological polar surface area (TPSA) is 92.1 Å². The molecule has 1 fully saturated rings. The third kappa shape index (κ3) is 3.35. The summed E-state index contributed by atoms with van der Waals surface area (Å²) < 4.78 is 5.25. The molecule has 1 aliphatic carbocycles. The van der Waals surface area contributed by atoms with E-state index in [4.69, 9.17) is 0 Å². The van der Waals surface area contributed by atoms with Crippen LogP contribution >= 0.6 is 0 Å². The zero-order valence-electron chi connectivity index (χ0n) is 15.5. The first kappa shape index (κ1) is 17.1. The Morgan fingerprint density at radius 1 is 0.593 bits per heavy atom. The molecule has 138 valence electrons. The molecule has 9 heteroatoms. The summed E-state index contributed by atoms with van der Waals surface area (Å²) in [7, 11) is 0. The number of rotatable bonds is 3. The van der Waals surface area contributed by atoms with Crippen molar-refractivity contribution < 1.29 is 0 Å². The van der Waals surface area contributed by atoms with E-state index < -0.39 is 0 Å². The number of allylic oxidation sites excluding steroid dienone is 3. The highest BCUT2D eigenvalue weighted by Gasteiger charge is 2.35. The lowest BCUT2D eigenvalue weighted by atomic mass is 9.68. The fraction of sp³-hybridized carbons (Fsp3) is 0.333. The van der Waals surface area contributed by atoms with Crippen molar-refractivity contribution in [1.29, 1.82) is 0 Å². The van der Waals surface area contributed by atoms with E-state index in [9.17, 15) is 0 Å². The van der Waals surface area contributed by atoms with Gasteiger partial charge in [-0.2, -0.15) is 0 Å². The average Bonchev–Trinajstić information content (AvgIpc) is 3.43. The Hall–Kier alpha value is -3.36. The first-order valence-electron chi connectivity index (χ1n) is 8.85. The largest absolute Gasteiger partial charge is 0.228 e. The highest BCUT2D eigenvalue weighted by Crippen LogP contribution is 2.45. The van der Waals surface area contributed by atoms with Crippen molar-refractivity contribution in [2.45, 2.75) is 20.8 Å². The monoisotopic (exact) mass is 363 g/mol. The van der Waals surface area contributed by atoms with Crippen LogP contribution in [0.25, 0.3) is 18.6 Å². The number of nitrogens with zero attached hydrogens (tertiary/aromatic N) is 9. The Morgan fingerprint density at radius 2 is 0.889 bits per heavy atom. The lowest BCUT2D eigenvalue weighted by molar-refractivity contribution is 0.513. The van der Waals surface area contributed by atoms with Crippen molar-refractivity contribution in [3.63, 3.8) is 0 Å². The molecule has 0 unspecified atom stereocenters. The van der Waals surface area contributed by atoms with Crippen molar-refractivity contribution in [2.75, 3.05) is 0 Å². The first-order chi connectivity index (χ1) is 13.1. The fourth-order valence-electron chi connectivity index (χ4n) is 3.69. The Bertz CT molecular complexity index is 815. The molecule has 3 heterocycles. The standard InChI is InChI=1S/C18H21N9/c1-13-16(10-25-7-4-19-22-25)14(2)18(12-27-9-6-21-24-27)15(3)17(13)11-26-8-5-20-23-26/h4-15H,1-3H3. The van der Waals surface area contributed by atoms with Crippen LogP contribution in [0.5, 0.6) is 0 Å². The molecule has 0 amide bonds. The summed E-state index contributed by atoms with van der Waals surface area (Å²) in [6.07, 6.45) is 16.7. The van der Waals surface area contributed by atoms with Crippen LogP contribution < -0.4 is 0 Å². The summed E-state index contributed by atoms with van der Waals surface area (Å²) >= 11 is 0. The van der Waals surface area contributed by atoms with Gasteiger partial charge in [-0.3, -0.25) is 0 Å². The van der Waals surface area contributed by atoms with Gasteiger partial charge in [0.2, 0.25) is 0 Å². The van der Waals surface area contributed by atoms with Gasteiger partial charge < -0.3 is 0 Å². The third-order valence-electron chi connectivity index (χ3n) is 5.17. The summed E-state index contributed by atoms with van der Waals surface area (Å²) in [4.78, 5) is 0. The summed E-state index contributed by atoms with van der Waals surface area (Å²) in [5, 5.41) is 24.0. The minimum absolute atomic E-state index is 0.219. The fourth-order valence-corrected chi connectivity index (χ4v) is 3.69. The van der Waals surface area contributed by atoms with Crippen LogP contribution in [-0.2, 0) is 0 Å². The molecule has 27 heavy (non-hydrogen) atoms. The highest BCUT2D eigenvalue weighted by atomic mass is 15.4. The van der Waals surface area contributed by atoms with Gasteiger partial charge >= 0.3 is 0 Å². The van der Waals surface area contributed by atoms with Gasteiger partial charge in [0.15, 0.2) is 0 Å². The van der Waals surface area contributed by atoms with Crippen LogP contribution in [0.15, 0.2) is 53.9 Å². The maximum atomic E-state index is 4.10. The molecule has 3 aromatic rings. The quantitative estimate of drug-likeness (QED) is 0.709. The van der Waals surface area contributed by atoms with E-state index in [0.29, 0.717) is 0 Å². The molecule has 3 aromatic heterocycles. The van der Waals surface area contributed by atoms with E-state index >= 15 is 0 Å². The molecular weight excluding hydrogens is 342 g/mol. The van der Waals surface area contributed by atoms with Gasteiger partial charge in [-0.25, -0.2) is 14.0 Å². The lowest BCUT2D eigenvalue weighted by Crippen LogP contribution is -2.28. The van der Waals surface area contributed by atoms with Gasteiger partial charge in [-0.15, -0.1) is 15.3 Å². The molecule has 9 nitrogen and oxygen atoms in total. The Kier molecular flexibility index (Phi) is 4.49. The summed E-state index contributed by atoms with van der Waals surface area (Å²) in [6, 6.07) is 0. The third-order valence-corrected chi connectivity index (χ3v) is 5.17. The predicted molar refractivity (Wildman–Crippen MR) is 100 cm³/mol. The predicted octanol–water partition coefficient (Wildman–Crippen LogP) is 2.31. The Morgan fingerprint density at radius 3 is 1.11 bits per heavy atom. The Balaban J connectivity index is 1.82. The molecule has 4 rings (SSSR count). The van der Waals surface area contributed by atoms with Gasteiger partial charge in [0.1, 0.15) is 0 Å². The Labute approximate surface area is 156 Å². The van der Waals surface area contributed by atoms with E-state index in [-0.39, 0.29) is 17.8 Å². The molecule has 1 aliphatic rings. The van der Waals surface area contributed by atoms with Gasteiger partial charge in [-0.1, -0.05) is 36.4 Å². The molecule has 0 atom stereocenters. The van der Waals surface area contributed by atoms with Gasteiger partial charge in [-0.05, 0) is 16.7 Å². The van der Waals surface area contributed by atoms with Crippen LogP contribution in [0.4, 0.5) is 0 Å². The second-order valence-electron chi connectivity index (χ2n) is 6.70. The van der Waals surface area contributed by atoms with E-state index in [1.54, 1.807) is 32.6 Å². The zero-order valence-corrected chi connectivity index (χ0v) is 15.5. The van der Waals surface area contributed by atoms with E-state index in [2.05, 4.69) is 70.3 Å². The van der Waals surface area contributed by atoms with Gasteiger partial charge in [0.05, 0.1) is 37.2 Å². The maximum Gasteiger partial charge on any atom is 0.0697 e. The molecule has 0 spiro atoms. The van der Waals surface area contributed by atoms with Crippen LogP contribution in [0.3, 0.4) is 0 Å². The second kappa shape index (κ2) is 7.10. The minimum atomic E-state index is 0.219. The molecule has 0 aliphatic heterocycles. The summed E-state index contributed by atoms with van der Waals surface area (Å²) in [5.41, 5.74) is 3.74. The van der Waals surface area contributed by atoms with Crippen molar-refractivity contribution in [3.05, 3.63) is 53.9 Å². The van der Waals surface area contributed by atoms with E-state index in [1.807, 2.05) is 18.6 Å². The molecular formula is C18H21N9. The van der Waals surface area contributed by atoms with Crippen molar-refractivity contribution in [1.82, 2.24) is 45.0 Å². The van der Waals surface area contributed by atoms with E-state index in [0.717, 1.165) is 0 Å². The number of aromatic nitrogens is 9. The number of hydrogen-bond donors (Lipinski definition) is 0. The SMILES string of the molecule is CC1C(=Cn2ccnn2)C(C)C(=Cn2ccnn2)C(C)C1=Cn1ccnn1. The van der Waals surface area contributed by atoms with Crippen LogP contribution in [0, 0.1) is 17.8 Å². The molecule has 0 radical (unpaired) electrons. The van der Waals surface area contributed by atoms with E-state index in [1.165, 1.54) is 16.7 Å². The summed E-state index contributed by atoms with van der Waals surface area (Å²) in [5.74, 6) is 0.656. The molecule has 0 bridgehead atoms. The minimum Gasteiger partial charge on any atom is -0.228 e. The van der Waals surface area contributed by atoms with Gasteiger partial charge in [0, 0.05) is 36.4 Å². The van der Waals surface area contributed by atoms with Crippen molar-refractivity contribution in [2.24, 2.45) is 17.8 Å². The van der Waals surface area contributed by atoms with Crippen LogP contribution in [0.1, 0.15) is 20.8 Å². The summed E-state index contributed by atoms with van der Waals surface area (Å²) in [6.45, 7) is 6.64. The van der Waals surface area contributed by atoms with Gasteiger partial charge in [0.25, 0.3) is 0 Å². The molecule has 0 saturated heterocycles. The average molecular weight is 363 g/mol. The smallest absolute Gasteiger partial charge is 0.0697 e. The number of hydrogen-bond acceptors (Lipinski definition) is 6. The second-order valence-corrected chi connectivity index (χ2v) is 6.70.